The van der Waals surface area contributed by atoms with Gasteiger partial charge in [0.1, 0.15) is 5.75 Å². The Balaban J connectivity index is 3.08. The second kappa shape index (κ2) is 4.83. The van der Waals surface area contributed by atoms with Crippen molar-refractivity contribution >= 4 is 0 Å². The Morgan fingerprint density at radius 2 is 1.73 bits per heavy atom. The standard InChI is InChI=1S/C14H18O/c1-10(2)8-12-6-5-7-14(15)13(12)9-11(3)4/h5-7,15H,1,3,8-9H2,2,4H3. The van der Waals surface area contributed by atoms with E-state index in [4.69, 9.17) is 0 Å². The number of hydrogen-bond donors (Lipinski definition) is 1. The third kappa shape index (κ3) is 3.28. The average Bonchev–Trinajstić information content (AvgIpc) is 2.09. The van der Waals surface area contributed by atoms with Gasteiger partial charge in [-0.2, -0.15) is 0 Å². The summed E-state index contributed by atoms with van der Waals surface area (Å²) in [6.45, 7) is 11.7. The second-order valence-corrected chi connectivity index (χ2v) is 4.18. The van der Waals surface area contributed by atoms with Gasteiger partial charge in [-0.1, -0.05) is 36.4 Å². The van der Waals surface area contributed by atoms with Gasteiger partial charge >= 0.3 is 0 Å². The van der Waals surface area contributed by atoms with Gasteiger partial charge in [-0.15, -0.1) is 0 Å². The zero-order chi connectivity index (χ0) is 11.4. The smallest absolute Gasteiger partial charge is 0.119 e. The fourth-order valence-electron chi connectivity index (χ4n) is 1.62. The minimum atomic E-state index is 0.358. The monoisotopic (exact) mass is 202 g/mol. The molecule has 0 amide bonds. The normalized spacial score (nSPS) is 10.0. The molecule has 1 aromatic rings. The lowest BCUT2D eigenvalue weighted by Crippen LogP contribution is -1.96. The van der Waals surface area contributed by atoms with Crippen molar-refractivity contribution in [2.75, 3.05) is 0 Å². The van der Waals surface area contributed by atoms with Crippen molar-refractivity contribution in [3.8, 4) is 5.75 Å². The van der Waals surface area contributed by atoms with Gasteiger partial charge < -0.3 is 5.11 Å². The van der Waals surface area contributed by atoms with Crippen LogP contribution in [0.1, 0.15) is 25.0 Å². The summed E-state index contributed by atoms with van der Waals surface area (Å²) in [5.41, 5.74) is 4.28. The van der Waals surface area contributed by atoms with Crippen molar-refractivity contribution in [1.29, 1.82) is 0 Å². The largest absolute Gasteiger partial charge is 0.508 e. The van der Waals surface area contributed by atoms with Gasteiger partial charge in [-0.3, -0.25) is 0 Å². The van der Waals surface area contributed by atoms with Gasteiger partial charge in [0.25, 0.3) is 0 Å². The molecule has 0 aliphatic rings. The fraction of sp³-hybridized carbons (Fsp3) is 0.286. The van der Waals surface area contributed by atoms with E-state index < -0.39 is 0 Å². The molecular weight excluding hydrogens is 184 g/mol. The van der Waals surface area contributed by atoms with E-state index in [1.807, 2.05) is 26.0 Å². The molecule has 0 fully saturated rings. The second-order valence-electron chi connectivity index (χ2n) is 4.18. The molecule has 0 saturated carbocycles. The van der Waals surface area contributed by atoms with E-state index in [2.05, 4.69) is 13.2 Å². The van der Waals surface area contributed by atoms with Crippen LogP contribution < -0.4 is 0 Å². The average molecular weight is 202 g/mol. The molecule has 0 aromatic heterocycles. The lowest BCUT2D eigenvalue weighted by atomic mass is 9.96. The Morgan fingerprint density at radius 3 is 2.27 bits per heavy atom. The van der Waals surface area contributed by atoms with Crippen LogP contribution in [-0.2, 0) is 12.8 Å². The quantitative estimate of drug-likeness (QED) is 0.739. The summed E-state index contributed by atoms with van der Waals surface area (Å²) in [5, 5.41) is 9.78. The van der Waals surface area contributed by atoms with Crippen molar-refractivity contribution in [3.05, 3.63) is 53.6 Å². The Kier molecular flexibility index (Phi) is 3.73. The third-order valence-corrected chi connectivity index (χ3v) is 2.22. The molecule has 1 nitrogen and oxygen atoms in total. The third-order valence-electron chi connectivity index (χ3n) is 2.22. The zero-order valence-electron chi connectivity index (χ0n) is 9.51. The maximum absolute atomic E-state index is 9.78. The van der Waals surface area contributed by atoms with Crippen LogP contribution in [0, 0.1) is 0 Å². The van der Waals surface area contributed by atoms with Gasteiger partial charge in [0.05, 0.1) is 0 Å². The number of hydrogen-bond acceptors (Lipinski definition) is 1. The predicted octanol–water partition coefficient (Wildman–Crippen LogP) is 3.63. The van der Waals surface area contributed by atoms with E-state index in [9.17, 15) is 5.11 Å². The molecule has 0 atom stereocenters. The predicted molar refractivity (Wildman–Crippen MR) is 65.1 cm³/mol. The summed E-state index contributed by atoms with van der Waals surface area (Å²) < 4.78 is 0. The topological polar surface area (TPSA) is 20.2 Å². The molecule has 1 N–H and O–H groups in total. The molecule has 0 aliphatic heterocycles. The molecule has 0 aliphatic carbocycles. The minimum Gasteiger partial charge on any atom is -0.508 e. The van der Waals surface area contributed by atoms with Crippen molar-refractivity contribution in [2.45, 2.75) is 26.7 Å². The van der Waals surface area contributed by atoms with Gasteiger partial charge in [0.2, 0.25) is 0 Å². The Hall–Kier alpha value is -1.50. The van der Waals surface area contributed by atoms with Crippen molar-refractivity contribution in [1.82, 2.24) is 0 Å². The van der Waals surface area contributed by atoms with Crippen LogP contribution in [0.25, 0.3) is 0 Å². The van der Waals surface area contributed by atoms with E-state index in [1.165, 1.54) is 0 Å². The number of rotatable bonds is 4. The van der Waals surface area contributed by atoms with Crippen LogP contribution in [0.5, 0.6) is 5.75 Å². The lowest BCUT2D eigenvalue weighted by Gasteiger charge is -2.11. The van der Waals surface area contributed by atoms with E-state index in [-0.39, 0.29) is 0 Å². The summed E-state index contributed by atoms with van der Waals surface area (Å²) in [7, 11) is 0. The Bertz CT molecular complexity index is 388. The van der Waals surface area contributed by atoms with Gasteiger partial charge in [-0.25, -0.2) is 0 Å². The molecule has 0 radical (unpaired) electrons. The first-order chi connectivity index (χ1) is 7.00. The first-order valence-corrected chi connectivity index (χ1v) is 5.09. The van der Waals surface area contributed by atoms with Crippen LogP contribution in [0.15, 0.2) is 42.5 Å². The van der Waals surface area contributed by atoms with Crippen LogP contribution in [-0.4, -0.2) is 5.11 Å². The molecule has 1 aromatic carbocycles. The van der Waals surface area contributed by atoms with Gasteiger partial charge in [0, 0.05) is 5.56 Å². The van der Waals surface area contributed by atoms with Crippen molar-refractivity contribution in [3.63, 3.8) is 0 Å². The van der Waals surface area contributed by atoms with Crippen LogP contribution in [0.2, 0.25) is 0 Å². The maximum Gasteiger partial charge on any atom is 0.119 e. The SMILES string of the molecule is C=C(C)Cc1cccc(O)c1CC(=C)C. The maximum atomic E-state index is 9.78. The highest BCUT2D eigenvalue weighted by atomic mass is 16.3. The van der Waals surface area contributed by atoms with Gasteiger partial charge in [0.15, 0.2) is 0 Å². The number of allylic oxidation sites excluding steroid dienone is 2. The Labute approximate surface area is 91.8 Å². The van der Waals surface area contributed by atoms with E-state index in [1.54, 1.807) is 6.07 Å². The number of phenolic OH excluding ortho intramolecular Hbond substituents is 1. The molecule has 1 heteroatoms. The highest BCUT2D eigenvalue weighted by molar-refractivity contribution is 5.42. The molecule has 0 spiro atoms. The molecule has 0 heterocycles. The highest BCUT2D eigenvalue weighted by Crippen LogP contribution is 2.25. The molecule has 0 bridgehead atoms. The fourth-order valence-corrected chi connectivity index (χ4v) is 1.62. The van der Waals surface area contributed by atoms with Crippen molar-refractivity contribution in [2.24, 2.45) is 0 Å². The van der Waals surface area contributed by atoms with Crippen LogP contribution in [0.4, 0.5) is 0 Å². The molecular formula is C14H18O. The van der Waals surface area contributed by atoms with E-state index in [0.717, 1.165) is 35.1 Å². The first-order valence-electron chi connectivity index (χ1n) is 5.09. The Morgan fingerprint density at radius 1 is 1.13 bits per heavy atom. The molecule has 1 rings (SSSR count). The van der Waals surface area contributed by atoms with E-state index in [0.29, 0.717) is 5.75 Å². The van der Waals surface area contributed by atoms with Crippen LogP contribution in [0.3, 0.4) is 0 Å². The highest BCUT2D eigenvalue weighted by Gasteiger charge is 2.07. The zero-order valence-corrected chi connectivity index (χ0v) is 9.51. The van der Waals surface area contributed by atoms with Gasteiger partial charge in [-0.05, 0) is 38.3 Å². The summed E-state index contributed by atoms with van der Waals surface area (Å²) in [5.74, 6) is 0.358. The molecule has 80 valence electrons. The summed E-state index contributed by atoms with van der Waals surface area (Å²) in [4.78, 5) is 0. The molecule has 0 saturated heterocycles. The number of aromatic hydroxyl groups is 1. The summed E-state index contributed by atoms with van der Waals surface area (Å²) in [6.07, 6.45) is 1.55. The summed E-state index contributed by atoms with van der Waals surface area (Å²) in [6, 6.07) is 5.63. The van der Waals surface area contributed by atoms with Crippen LogP contribution >= 0.6 is 0 Å². The molecule has 15 heavy (non-hydrogen) atoms. The number of benzene rings is 1. The molecule has 0 unspecified atom stereocenters. The van der Waals surface area contributed by atoms with E-state index >= 15 is 0 Å². The minimum absolute atomic E-state index is 0.358. The lowest BCUT2D eigenvalue weighted by molar-refractivity contribution is 0.468. The number of phenols is 1. The first kappa shape index (κ1) is 11.6. The summed E-state index contributed by atoms with van der Waals surface area (Å²) >= 11 is 0. The van der Waals surface area contributed by atoms with Crippen molar-refractivity contribution < 1.29 is 5.11 Å².